The van der Waals surface area contributed by atoms with Gasteiger partial charge in [-0.05, 0) is 80.5 Å². The number of nitrogens with one attached hydrogen (secondary N) is 2. The summed E-state index contributed by atoms with van der Waals surface area (Å²) in [4.78, 5) is 0.269. The summed E-state index contributed by atoms with van der Waals surface area (Å²) in [6.45, 7) is 6.33. The Kier molecular flexibility index (Phi) is 5.44. The van der Waals surface area contributed by atoms with Crippen molar-refractivity contribution in [1.29, 1.82) is 0 Å². The van der Waals surface area contributed by atoms with Gasteiger partial charge in [-0.15, -0.1) is 0 Å². The van der Waals surface area contributed by atoms with Gasteiger partial charge < -0.3 is 14.8 Å². The second kappa shape index (κ2) is 8.11. The van der Waals surface area contributed by atoms with Gasteiger partial charge in [0.05, 0.1) is 11.0 Å². The Morgan fingerprint density at radius 2 is 1.77 bits per heavy atom. The quantitative estimate of drug-likeness (QED) is 0.734. The summed E-state index contributed by atoms with van der Waals surface area (Å²) in [7, 11) is -3.69. The summed E-state index contributed by atoms with van der Waals surface area (Å²) in [6, 6.07) is 11.3. The number of rotatable bonds is 4. The zero-order valence-corrected chi connectivity index (χ0v) is 18.9. The van der Waals surface area contributed by atoms with Gasteiger partial charge in [0.1, 0.15) is 0 Å². The van der Waals surface area contributed by atoms with E-state index in [4.69, 9.17) is 9.47 Å². The number of aryl methyl sites for hydroxylation is 2. The van der Waals surface area contributed by atoms with E-state index in [9.17, 15) is 8.42 Å². The topological polar surface area (TPSA) is 76.7 Å². The Hall–Kier alpha value is -2.09. The van der Waals surface area contributed by atoms with Crippen LogP contribution in [0.3, 0.4) is 0 Å². The average Bonchev–Trinajstić information content (AvgIpc) is 3.26. The molecule has 3 heterocycles. The molecule has 7 heteroatoms. The number of fused-ring (bicyclic) bond motifs is 3. The van der Waals surface area contributed by atoms with Crippen LogP contribution in [0.5, 0.6) is 0 Å². The van der Waals surface area contributed by atoms with Crippen LogP contribution >= 0.6 is 0 Å². The van der Waals surface area contributed by atoms with Crippen LogP contribution < -0.4 is 10.0 Å². The van der Waals surface area contributed by atoms with Crippen LogP contribution in [0.25, 0.3) is 0 Å². The highest BCUT2D eigenvalue weighted by molar-refractivity contribution is 7.92. The second-order valence-corrected chi connectivity index (χ2v) is 10.7. The van der Waals surface area contributed by atoms with Crippen LogP contribution in [0, 0.1) is 25.7 Å². The van der Waals surface area contributed by atoms with Gasteiger partial charge in [0.25, 0.3) is 10.0 Å². The third-order valence-electron chi connectivity index (χ3n) is 7.09. The molecule has 5 rings (SSSR count). The Balaban J connectivity index is 1.43. The number of anilines is 2. The molecular formula is C24H30N2O4S. The average molecular weight is 443 g/mol. The molecular weight excluding hydrogens is 412 g/mol. The molecule has 31 heavy (non-hydrogen) atoms. The minimum absolute atomic E-state index is 0.0548. The third kappa shape index (κ3) is 3.95. The molecule has 2 aromatic carbocycles. The van der Waals surface area contributed by atoms with Crippen molar-refractivity contribution in [3.63, 3.8) is 0 Å². The number of hydrogen-bond acceptors (Lipinski definition) is 5. The van der Waals surface area contributed by atoms with Crippen molar-refractivity contribution in [3.8, 4) is 0 Å². The van der Waals surface area contributed by atoms with Crippen molar-refractivity contribution in [3.05, 3.63) is 53.1 Å². The van der Waals surface area contributed by atoms with Gasteiger partial charge in [-0.2, -0.15) is 0 Å². The van der Waals surface area contributed by atoms with E-state index in [2.05, 4.69) is 10.0 Å². The molecule has 0 spiro atoms. The first kappa shape index (κ1) is 20.8. The Labute approximate surface area is 184 Å². The Morgan fingerprint density at radius 3 is 2.55 bits per heavy atom. The van der Waals surface area contributed by atoms with E-state index in [1.165, 1.54) is 0 Å². The molecule has 0 aromatic heterocycles. The lowest BCUT2D eigenvalue weighted by Gasteiger charge is -2.41. The van der Waals surface area contributed by atoms with Crippen LogP contribution in [-0.2, 0) is 19.5 Å². The summed E-state index contributed by atoms with van der Waals surface area (Å²) < 4.78 is 40.6. The van der Waals surface area contributed by atoms with Crippen LogP contribution in [0.15, 0.2) is 41.3 Å². The number of benzene rings is 2. The van der Waals surface area contributed by atoms with Gasteiger partial charge >= 0.3 is 0 Å². The molecule has 3 aliphatic heterocycles. The molecule has 0 saturated carbocycles. The molecule has 2 fully saturated rings. The van der Waals surface area contributed by atoms with Gasteiger partial charge in [-0.25, -0.2) is 8.42 Å². The molecule has 2 aromatic rings. The smallest absolute Gasteiger partial charge is 0.261 e. The summed E-state index contributed by atoms with van der Waals surface area (Å²) in [5, 5.41) is 3.73. The molecule has 166 valence electrons. The standard InChI is InChI=1S/C24H30N2O4S/c1-15-3-4-18(13-16(15)2)26-31(27,28)19-5-6-22-21(14-19)24-20(9-12-30-24)23(25-22)17-7-10-29-11-8-17/h3-6,13-14,17,20,23-26H,7-12H2,1-2H3/t20?,23-,24?/m0/s1. The first-order valence-corrected chi connectivity index (χ1v) is 12.6. The predicted molar refractivity (Wildman–Crippen MR) is 121 cm³/mol. The lowest BCUT2D eigenvalue weighted by molar-refractivity contribution is 0.0360. The first-order valence-electron chi connectivity index (χ1n) is 11.1. The van der Waals surface area contributed by atoms with E-state index in [-0.39, 0.29) is 11.0 Å². The molecule has 3 aliphatic rings. The molecule has 2 unspecified atom stereocenters. The molecule has 2 N–H and O–H groups in total. The Morgan fingerprint density at radius 1 is 0.968 bits per heavy atom. The van der Waals surface area contributed by atoms with E-state index >= 15 is 0 Å². The van der Waals surface area contributed by atoms with Crippen LogP contribution in [0.2, 0.25) is 0 Å². The maximum atomic E-state index is 13.1. The van der Waals surface area contributed by atoms with Crippen LogP contribution in [0.1, 0.15) is 42.1 Å². The van der Waals surface area contributed by atoms with Crippen molar-refractivity contribution in [2.75, 3.05) is 29.9 Å². The minimum Gasteiger partial charge on any atom is -0.381 e. The highest BCUT2D eigenvalue weighted by atomic mass is 32.2. The molecule has 6 nitrogen and oxygen atoms in total. The van der Waals surface area contributed by atoms with Gasteiger partial charge in [0, 0.05) is 48.7 Å². The van der Waals surface area contributed by atoms with E-state index in [1.54, 1.807) is 18.2 Å². The summed E-state index contributed by atoms with van der Waals surface area (Å²) in [6.07, 6.45) is 3.06. The number of hydrogen-bond donors (Lipinski definition) is 2. The normalized spacial score (nSPS) is 26.1. The van der Waals surface area contributed by atoms with Crippen molar-refractivity contribution in [2.24, 2.45) is 11.8 Å². The maximum Gasteiger partial charge on any atom is 0.261 e. The molecule has 3 atom stereocenters. The number of ether oxygens (including phenoxy) is 2. The van der Waals surface area contributed by atoms with Crippen molar-refractivity contribution < 1.29 is 17.9 Å². The minimum atomic E-state index is -3.69. The second-order valence-electron chi connectivity index (χ2n) is 9.02. The SMILES string of the molecule is Cc1ccc(NS(=O)(=O)c2ccc3c(c2)C2OCCC2[C@H](C2CCOCC2)N3)cc1C. The molecule has 0 bridgehead atoms. The monoisotopic (exact) mass is 442 g/mol. The van der Waals surface area contributed by atoms with Gasteiger partial charge in [0.15, 0.2) is 0 Å². The largest absolute Gasteiger partial charge is 0.381 e. The van der Waals surface area contributed by atoms with E-state index in [0.717, 1.165) is 54.9 Å². The van der Waals surface area contributed by atoms with Gasteiger partial charge in [-0.3, -0.25) is 4.72 Å². The van der Waals surface area contributed by atoms with Crippen molar-refractivity contribution >= 4 is 21.4 Å². The summed E-state index contributed by atoms with van der Waals surface area (Å²) >= 11 is 0. The fourth-order valence-corrected chi connectivity index (χ4v) is 6.30. The molecule has 0 aliphatic carbocycles. The Bertz CT molecular complexity index is 1080. The van der Waals surface area contributed by atoms with E-state index in [0.29, 0.717) is 30.2 Å². The van der Waals surface area contributed by atoms with E-state index in [1.807, 2.05) is 32.0 Å². The number of sulfonamides is 1. The van der Waals surface area contributed by atoms with Crippen molar-refractivity contribution in [2.45, 2.75) is 50.2 Å². The van der Waals surface area contributed by atoms with Gasteiger partial charge in [0.2, 0.25) is 0 Å². The van der Waals surface area contributed by atoms with E-state index < -0.39 is 10.0 Å². The fourth-order valence-electron chi connectivity index (χ4n) is 5.22. The molecule has 0 radical (unpaired) electrons. The zero-order chi connectivity index (χ0) is 21.6. The first-order chi connectivity index (χ1) is 14.9. The zero-order valence-electron chi connectivity index (χ0n) is 18.1. The highest BCUT2D eigenvalue weighted by Gasteiger charge is 2.44. The lowest BCUT2D eigenvalue weighted by atomic mass is 9.76. The molecule has 2 saturated heterocycles. The fraction of sp³-hybridized carbons (Fsp3) is 0.500. The third-order valence-corrected chi connectivity index (χ3v) is 8.47. The predicted octanol–water partition coefficient (Wildman–Crippen LogP) is 4.40. The molecule has 0 amide bonds. The summed E-state index contributed by atoms with van der Waals surface area (Å²) in [5.41, 5.74) is 4.70. The van der Waals surface area contributed by atoms with Crippen LogP contribution in [0.4, 0.5) is 11.4 Å². The highest BCUT2D eigenvalue weighted by Crippen LogP contribution is 2.48. The maximum absolute atomic E-state index is 13.1. The van der Waals surface area contributed by atoms with Gasteiger partial charge in [-0.1, -0.05) is 6.07 Å². The summed E-state index contributed by atoms with van der Waals surface area (Å²) in [5.74, 6) is 0.923. The van der Waals surface area contributed by atoms with Crippen molar-refractivity contribution in [1.82, 2.24) is 0 Å². The lowest BCUT2D eigenvalue weighted by Crippen LogP contribution is -2.43. The van der Waals surface area contributed by atoms with Crippen LogP contribution in [-0.4, -0.2) is 34.3 Å².